The molecule has 0 aromatic heterocycles. The van der Waals surface area contributed by atoms with Gasteiger partial charge in [-0.05, 0) is 20.3 Å². The Kier molecular flexibility index (Phi) is 6.03. The molecule has 0 heterocycles. The molecule has 0 fully saturated rings. The molecule has 16 heavy (non-hydrogen) atoms. The summed E-state index contributed by atoms with van der Waals surface area (Å²) in [5, 5.41) is 11.5. The van der Waals surface area contributed by atoms with Crippen LogP contribution in [0, 0.1) is 5.41 Å². The van der Waals surface area contributed by atoms with Crippen LogP contribution in [0.15, 0.2) is 0 Å². The maximum atomic E-state index is 11.7. The summed E-state index contributed by atoms with van der Waals surface area (Å²) < 4.78 is 0. The Hall–Kier alpha value is -1.10. The van der Waals surface area contributed by atoms with E-state index >= 15 is 0 Å². The number of unbranched alkanes of at least 4 members (excludes halogenated alkanes) is 1. The lowest BCUT2D eigenvalue weighted by Crippen LogP contribution is -2.48. The fourth-order valence-corrected chi connectivity index (χ4v) is 1.11. The third kappa shape index (κ3) is 4.61. The largest absolute Gasteiger partial charge is 0.480 e. The van der Waals surface area contributed by atoms with Crippen molar-refractivity contribution in [3.8, 4) is 0 Å². The van der Waals surface area contributed by atoms with Crippen molar-refractivity contribution in [3.63, 3.8) is 0 Å². The van der Waals surface area contributed by atoms with Gasteiger partial charge < -0.3 is 16.2 Å². The minimum absolute atomic E-state index is 0.193. The summed E-state index contributed by atoms with van der Waals surface area (Å²) in [5.74, 6) is -1.30. The smallest absolute Gasteiger partial charge is 0.326 e. The van der Waals surface area contributed by atoms with E-state index < -0.39 is 17.4 Å². The quantitative estimate of drug-likeness (QED) is 0.601. The van der Waals surface area contributed by atoms with Crippen molar-refractivity contribution in [3.05, 3.63) is 0 Å². The molecular weight excluding hydrogens is 208 g/mol. The first-order valence-corrected chi connectivity index (χ1v) is 5.59. The van der Waals surface area contributed by atoms with Crippen molar-refractivity contribution < 1.29 is 14.7 Å². The van der Waals surface area contributed by atoms with E-state index in [1.54, 1.807) is 13.8 Å². The lowest BCUT2D eigenvalue weighted by molar-refractivity contribution is -0.143. The van der Waals surface area contributed by atoms with E-state index in [1.807, 2.05) is 6.92 Å². The van der Waals surface area contributed by atoms with E-state index in [-0.39, 0.29) is 12.5 Å². The van der Waals surface area contributed by atoms with Crippen LogP contribution < -0.4 is 11.1 Å². The zero-order valence-electron chi connectivity index (χ0n) is 10.2. The number of nitrogens with one attached hydrogen (secondary N) is 1. The highest BCUT2D eigenvalue weighted by Gasteiger charge is 2.29. The van der Waals surface area contributed by atoms with Crippen LogP contribution in [-0.4, -0.2) is 29.6 Å². The van der Waals surface area contributed by atoms with Crippen LogP contribution in [0.3, 0.4) is 0 Å². The van der Waals surface area contributed by atoms with Gasteiger partial charge in [-0.15, -0.1) is 0 Å². The Morgan fingerprint density at radius 3 is 2.38 bits per heavy atom. The van der Waals surface area contributed by atoms with Crippen molar-refractivity contribution in [2.24, 2.45) is 11.1 Å². The molecule has 0 saturated heterocycles. The number of amides is 1. The lowest BCUT2D eigenvalue weighted by Gasteiger charge is -2.24. The van der Waals surface area contributed by atoms with Gasteiger partial charge in [0.05, 0.1) is 5.41 Å². The summed E-state index contributed by atoms with van der Waals surface area (Å²) in [6.07, 6.45) is 2.14. The normalized spacial score (nSPS) is 13.2. The van der Waals surface area contributed by atoms with Gasteiger partial charge in [0, 0.05) is 6.54 Å². The highest BCUT2D eigenvalue weighted by molar-refractivity contribution is 5.87. The summed E-state index contributed by atoms with van der Waals surface area (Å²) in [6, 6.07) is -0.807. The summed E-state index contributed by atoms with van der Waals surface area (Å²) in [6.45, 7) is 5.56. The third-order valence-corrected chi connectivity index (χ3v) is 2.57. The Morgan fingerprint density at radius 1 is 1.44 bits per heavy atom. The number of carbonyl (C=O) groups excluding carboxylic acids is 1. The fraction of sp³-hybridized carbons (Fsp3) is 0.818. The average molecular weight is 230 g/mol. The van der Waals surface area contributed by atoms with Gasteiger partial charge in [-0.1, -0.05) is 19.8 Å². The molecule has 0 bridgehead atoms. The van der Waals surface area contributed by atoms with Crippen LogP contribution in [0.2, 0.25) is 0 Å². The minimum Gasteiger partial charge on any atom is -0.480 e. The predicted octanol–water partition coefficient (Wildman–Crippen LogP) is 0.731. The molecule has 0 aliphatic carbocycles. The molecule has 94 valence electrons. The molecule has 0 saturated carbocycles. The average Bonchev–Trinajstić information content (AvgIpc) is 2.23. The molecule has 1 atom stereocenters. The molecule has 0 aliphatic heterocycles. The second-order valence-corrected chi connectivity index (χ2v) is 4.59. The molecule has 0 spiro atoms. The molecule has 5 nitrogen and oxygen atoms in total. The Morgan fingerprint density at radius 2 is 2.00 bits per heavy atom. The van der Waals surface area contributed by atoms with Gasteiger partial charge in [0.15, 0.2) is 0 Å². The van der Waals surface area contributed by atoms with E-state index in [0.29, 0.717) is 6.42 Å². The maximum absolute atomic E-state index is 11.7. The summed E-state index contributed by atoms with van der Waals surface area (Å²) in [7, 11) is 0. The first kappa shape index (κ1) is 14.9. The Labute approximate surface area is 96.4 Å². The van der Waals surface area contributed by atoms with E-state index in [1.165, 1.54) is 0 Å². The van der Waals surface area contributed by atoms with E-state index in [0.717, 1.165) is 12.8 Å². The molecule has 0 radical (unpaired) electrons. The molecule has 0 aliphatic rings. The summed E-state index contributed by atoms with van der Waals surface area (Å²) in [5.41, 5.74) is 4.73. The van der Waals surface area contributed by atoms with Crippen molar-refractivity contribution in [1.82, 2.24) is 5.32 Å². The number of hydrogen-bond donors (Lipinski definition) is 3. The van der Waals surface area contributed by atoms with Gasteiger partial charge in [-0.2, -0.15) is 0 Å². The minimum atomic E-state index is -0.991. The van der Waals surface area contributed by atoms with Gasteiger partial charge in [0.25, 0.3) is 0 Å². The zero-order valence-corrected chi connectivity index (χ0v) is 10.2. The highest BCUT2D eigenvalue weighted by atomic mass is 16.4. The number of carbonyl (C=O) groups is 2. The van der Waals surface area contributed by atoms with Gasteiger partial charge in [0.1, 0.15) is 6.04 Å². The molecule has 0 aromatic rings. The topological polar surface area (TPSA) is 92.4 Å². The number of aliphatic carboxylic acids is 1. The molecule has 5 heteroatoms. The molecule has 1 amide bonds. The van der Waals surface area contributed by atoms with Crippen LogP contribution in [-0.2, 0) is 9.59 Å². The predicted molar refractivity (Wildman–Crippen MR) is 61.9 cm³/mol. The zero-order chi connectivity index (χ0) is 12.8. The first-order chi connectivity index (χ1) is 7.35. The van der Waals surface area contributed by atoms with Crippen molar-refractivity contribution in [2.45, 2.75) is 46.1 Å². The lowest BCUT2D eigenvalue weighted by atomic mass is 9.92. The van der Waals surface area contributed by atoms with Crippen LogP contribution in [0.5, 0.6) is 0 Å². The van der Waals surface area contributed by atoms with E-state index in [4.69, 9.17) is 10.8 Å². The molecule has 4 N–H and O–H groups in total. The third-order valence-electron chi connectivity index (χ3n) is 2.57. The number of carboxylic acids is 1. The van der Waals surface area contributed by atoms with Crippen molar-refractivity contribution in [1.29, 1.82) is 0 Å². The molecule has 0 aromatic carbocycles. The van der Waals surface area contributed by atoms with Gasteiger partial charge in [0.2, 0.25) is 5.91 Å². The van der Waals surface area contributed by atoms with Crippen LogP contribution in [0.25, 0.3) is 0 Å². The van der Waals surface area contributed by atoms with Crippen LogP contribution >= 0.6 is 0 Å². The van der Waals surface area contributed by atoms with Gasteiger partial charge in [-0.3, -0.25) is 4.79 Å². The number of hydrogen-bond acceptors (Lipinski definition) is 3. The second-order valence-electron chi connectivity index (χ2n) is 4.59. The standard InChI is InChI=1S/C11H22N2O3/c1-4-5-6-8(9(14)15)13-10(16)11(2,3)7-12/h8H,4-7,12H2,1-3H3,(H,13,16)(H,14,15)/t8-/m0/s1. The first-order valence-electron chi connectivity index (χ1n) is 5.59. The SMILES string of the molecule is CCCC[C@H](NC(=O)C(C)(C)CN)C(=O)O. The van der Waals surface area contributed by atoms with Crippen LogP contribution in [0.1, 0.15) is 40.0 Å². The Balaban J connectivity index is 4.40. The monoisotopic (exact) mass is 230 g/mol. The highest BCUT2D eigenvalue weighted by Crippen LogP contribution is 2.13. The number of carboxylic acid groups (broad SMARTS) is 1. The van der Waals surface area contributed by atoms with Gasteiger partial charge in [-0.25, -0.2) is 4.79 Å². The maximum Gasteiger partial charge on any atom is 0.326 e. The molecule has 0 rings (SSSR count). The number of nitrogens with two attached hydrogens (primary N) is 1. The Bertz CT molecular complexity index is 252. The molecular formula is C11H22N2O3. The van der Waals surface area contributed by atoms with Gasteiger partial charge >= 0.3 is 5.97 Å². The fourth-order valence-electron chi connectivity index (χ4n) is 1.11. The summed E-state index contributed by atoms with van der Waals surface area (Å²) in [4.78, 5) is 22.6. The van der Waals surface area contributed by atoms with E-state index in [2.05, 4.69) is 5.32 Å². The second kappa shape index (κ2) is 6.48. The number of rotatable bonds is 7. The van der Waals surface area contributed by atoms with Crippen molar-refractivity contribution in [2.75, 3.05) is 6.54 Å². The van der Waals surface area contributed by atoms with E-state index in [9.17, 15) is 9.59 Å². The molecule has 0 unspecified atom stereocenters. The summed E-state index contributed by atoms with van der Waals surface area (Å²) >= 11 is 0. The van der Waals surface area contributed by atoms with Crippen molar-refractivity contribution >= 4 is 11.9 Å². The van der Waals surface area contributed by atoms with Crippen LogP contribution in [0.4, 0.5) is 0 Å².